The van der Waals surface area contributed by atoms with Crippen LogP contribution in [0.4, 0.5) is 0 Å². The Morgan fingerprint density at radius 1 is 0.314 bits per heavy atom. The van der Waals surface area contributed by atoms with Crippen LogP contribution in [0.15, 0.2) is 87.8 Å². The number of ether oxygens (including phenoxy) is 4. The van der Waals surface area contributed by atoms with Gasteiger partial charge in [-0.05, 0) is 168 Å². The summed E-state index contributed by atoms with van der Waals surface area (Å²) in [4.78, 5) is 8.61. The van der Waals surface area contributed by atoms with Crippen LogP contribution in [0.2, 0.25) is 0 Å². The number of thiophene rings is 2. The first-order chi connectivity index (χ1) is 57.3. The standard InChI is InChI=1S/C15H20S.C15H20.C14H18S.C13H18O2.2C12H18N2O.C11H15N3O.C11H15N3S/c1-9(2)12-6-7-13(10(3)4)15-14(12)11(5)8-16-15;1-10(2)12-8-9-13(11(3)4)15-7-5-6-14(12)15;1-9(2)11-5-6-12(10(3)4)14-13(11)7-8-15-14;1-8(2)10-5-6-11(9(3)4)13-12(10)14-7-15-13;2*1-7(2)10-9-5-6-15-12(9)11(8(3)4)14-13-10;2*1-6(2)8-10-11(15-5-12-10)9(7(3)4)14-13-8/h6-10H,1-5H3;5-6,8-11H,7H2,1-4H3;5-10H,1-4H3;5-6,8-9H,7H2,1-4H3;2*7-8H,5-6H2,1-4H3;2*5-7H,1-4H3. The predicted molar refractivity (Wildman–Crippen MR) is 513 cm³/mol. The lowest BCUT2D eigenvalue weighted by molar-refractivity contribution is 0.172. The fourth-order valence-corrected chi connectivity index (χ4v) is 19.2. The van der Waals surface area contributed by atoms with Gasteiger partial charge in [-0.15, -0.1) is 34.0 Å². The first kappa shape index (κ1) is 96.2. The van der Waals surface area contributed by atoms with E-state index in [4.69, 9.17) is 23.4 Å². The number of nitrogens with zero attached hydrogens (tertiary/aromatic N) is 10. The molecule has 1 aliphatic carbocycles. The van der Waals surface area contributed by atoms with Crippen molar-refractivity contribution in [1.29, 1.82) is 0 Å². The van der Waals surface area contributed by atoms with Crippen LogP contribution in [0, 0.1) is 6.92 Å². The highest BCUT2D eigenvalue weighted by Gasteiger charge is 2.30. The minimum atomic E-state index is 0.300. The highest BCUT2D eigenvalue weighted by Crippen LogP contribution is 2.46. The van der Waals surface area contributed by atoms with Crippen LogP contribution < -0.4 is 18.9 Å². The summed E-state index contributed by atoms with van der Waals surface area (Å²) in [6.07, 6.45) is 9.16. The van der Waals surface area contributed by atoms with Crippen molar-refractivity contribution in [2.45, 2.75) is 342 Å². The van der Waals surface area contributed by atoms with Gasteiger partial charge in [-0.3, -0.25) is 0 Å². The number of allylic oxidation sites excluding steroid dienone is 1. The van der Waals surface area contributed by atoms with Gasteiger partial charge < -0.3 is 23.4 Å². The van der Waals surface area contributed by atoms with Crippen molar-refractivity contribution in [2.24, 2.45) is 0 Å². The third kappa shape index (κ3) is 22.7. The zero-order valence-corrected chi connectivity index (χ0v) is 81.8. The molecule has 0 unspecified atom stereocenters. The zero-order valence-electron chi connectivity index (χ0n) is 79.4. The summed E-state index contributed by atoms with van der Waals surface area (Å²) in [7, 11) is 0. The van der Waals surface area contributed by atoms with E-state index in [1.54, 1.807) is 16.9 Å². The molecule has 18 heteroatoms. The van der Waals surface area contributed by atoms with Gasteiger partial charge in [-0.1, -0.05) is 282 Å². The van der Waals surface area contributed by atoms with Crippen molar-refractivity contribution < 1.29 is 23.4 Å². The Morgan fingerprint density at radius 3 is 1.18 bits per heavy atom. The van der Waals surface area contributed by atoms with E-state index in [2.05, 4.69) is 357 Å². The van der Waals surface area contributed by atoms with Gasteiger partial charge in [0.2, 0.25) is 6.79 Å². The van der Waals surface area contributed by atoms with Crippen LogP contribution in [0.25, 0.3) is 47.6 Å². The number of benzene rings is 4. The van der Waals surface area contributed by atoms with E-state index in [9.17, 15) is 0 Å². The lowest BCUT2D eigenvalue weighted by Crippen LogP contribution is -2.05. The predicted octanol–water partition coefficient (Wildman–Crippen LogP) is 30.3. The summed E-state index contributed by atoms with van der Waals surface area (Å²) in [6, 6.07) is 20.5. The van der Waals surface area contributed by atoms with E-state index in [0.29, 0.717) is 101 Å². The third-order valence-electron chi connectivity index (χ3n) is 22.6. The molecule has 652 valence electrons. The second-order valence-corrected chi connectivity index (χ2v) is 40.2. The molecule has 0 amide bonds. The number of hydrogen-bond acceptors (Lipinski definition) is 18. The SMILES string of the molecule is CC(C)c1ccc(C(C)C)c2c1C=CC2.CC(C)c1ccc(C(C)C)c2c1OCO2.CC(C)c1ccc(C(C)C)c2sccc12.CC(C)c1nnc(C(C)C)c2c1CCO2.CC(C)c1nnc(C(C)C)c2c1CCO2.CC(C)c1nnc(C(C)C)c2ocnc12.CC(C)c1nnc(C(C)C)c2scnc12.Cc1csc2c(C(C)C)ccc(C(C)C)c12. The number of rotatable bonds is 16. The van der Waals surface area contributed by atoms with E-state index < -0.39 is 0 Å². The molecule has 0 atom stereocenters. The topological polar surface area (TPSA) is 179 Å². The Kier molecular flexibility index (Phi) is 34.3. The molecular weight excluding hydrogens is 1550 g/mol. The molecule has 0 saturated carbocycles. The van der Waals surface area contributed by atoms with Crippen molar-refractivity contribution in [3.63, 3.8) is 0 Å². The summed E-state index contributed by atoms with van der Waals surface area (Å²) in [5, 5.41) is 41.8. The summed E-state index contributed by atoms with van der Waals surface area (Å²) in [5.74, 6) is 11.6. The third-order valence-corrected chi connectivity index (χ3v) is 25.5. The van der Waals surface area contributed by atoms with Crippen LogP contribution in [-0.4, -0.2) is 70.8 Å². The van der Waals surface area contributed by atoms with Crippen molar-refractivity contribution >= 4 is 81.6 Å². The maximum atomic E-state index is 5.68. The van der Waals surface area contributed by atoms with Gasteiger partial charge in [0, 0.05) is 62.2 Å². The highest BCUT2D eigenvalue weighted by atomic mass is 32.1. The minimum Gasteiger partial charge on any atom is -0.491 e. The van der Waals surface area contributed by atoms with Gasteiger partial charge in [0.25, 0.3) is 0 Å². The summed E-state index contributed by atoms with van der Waals surface area (Å²) in [6.45, 7) is 74.0. The van der Waals surface area contributed by atoms with Crippen LogP contribution in [0.3, 0.4) is 0 Å². The van der Waals surface area contributed by atoms with Crippen LogP contribution in [0.5, 0.6) is 23.0 Å². The number of aromatic nitrogens is 10. The van der Waals surface area contributed by atoms with E-state index >= 15 is 0 Å². The van der Waals surface area contributed by atoms with E-state index in [-0.39, 0.29) is 0 Å². The smallest absolute Gasteiger partial charge is 0.231 e. The number of aryl methyl sites for hydroxylation is 1. The van der Waals surface area contributed by atoms with Crippen molar-refractivity contribution in [2.75, 3.05) is 20.0 Å². The van der Waals surface area contributed by atoms with E-state index in [1.165, 1.54) is 98.0 Å². The Balaban J connectivity index is 0.000000157. The first-order valence-electron chi connectivity index (χ1n) is 44.8. The molecule has 8 aromatic heterocycles. The second-order valence-electron chi connectivity index (χ2n) is 37.6. The van der Waals surface area contributed by atoms with Gasteiger partial charge in [-0.25, -0.2) is 9.97 Å². The minimum absolute atomic E-state index is 0.300. The average Bonchev–Trinajstić information content (AvgIpc) is 1.61. The fraction of sp³-hybridized carbons (Fsp3) is 0.534. The molecule has 0 saturated heterocycles. The van der Waals surface area contributed by atoms with Crippen molar-refractivity contribution in [3.05, 3.63) is 201 Å². The summed E-state index contributed by atoms with van der Waals surface area (Å²) in [5.41, 5.74) is 31.2. The van der Waals surface area contributed by atoms with E-state index in [0.717, 1.165) is 118 Å². The normalized spacial score (nSPS) is 13.1. The fourth-order valence-electron chi connectivity index (χ4n) is 15.9. The van der Waals surface area contributed by atoms with Gasteiger partial charge in [0.15, 0.2) is 23.5 Å². The number of fused-ring (bicyclic) bond motifs is 8. The highest BCUT2D eigenvalue weighted by molar-refractivity contribution is 7.18. The van der Waals surface area contributed by atoms with E-state index in [1.807, 2.05) is 28.2 Å². The molecule has 12 aromatic rings. The Hall–Kier alpha value is -8.58. The largest absolute Gasteiger partial charge is 0.491 e. The molecule has 121 heavy (non-hydrogen) atoms. The number of hydrogen-bond donors (Lipinski definition) is 0. The van der Waals surface area contributed by atoms with Gasteiger partial charge in [-0.2, -0.15) is 40.8 Å². The van der Waals surface area contributed by atoms with Crippen molar-refractivity contribution in [3.8, 4) is 23.0 Å². The molecule has 0 N–H and O–H groups in total. The summed E-state index contributed by atoms with van der Waals surface area (Å²) >= 11 is 5.43. The van der Waals surface area contributed by atoms with Crippen LogP contribution >= 0.6 is 34.0 Å². The number of oxazole rings is 1. The van der Waals surface area contributed by atoms with Gasteiger partial charge >= 0.3 is 0 Å². The molecule has 15 nitrogen and oxygen atoms in total. The molecule has 0 bridgehead atoms. The van der Waals surface area contributed by atoms with Gasteiger partial charge in [0.1, 0.15) is 39.6 Å². The lowest BCUT2D eigenvalue weighted by Gasteiger charge is -2.17. The molecule has 4 aliphatic rings. The monoisotopic (exact) mass is 1700 g/mol. The molecule has 4 aromatic carbocycles. The van der Waals surface area contributed by atoms with Crippen LogP contribution in [-0.2, 0) is 19.3 Å². The Morgan fingerprint density at radius 2 is 0.711 bits per heavy atom. The maximum absolute atomic E-state index is 5.68. The first-order valence-corrected chi connectivity index (χ1v) is 47.4. The molecule has 16 rings (SSSR count). The molecular formula is C103H142N10O5S3. The summed E-state index contributed by atoms with van der Waals surface area (Å²) < 4.78 is 32.0. The average molecular weight is 1700 g/mol. The lowest BCUT2D eigenvalue weighted by atomic mass is 9.88. The Labute approximate surface area is 737 Å². The maximum Gasteiger partial charge on any atom is 0.231 e. The van der Waals surface area contributed by atoms with Gasteiger partial charge in [0.05, 0.1) is 51.9 Å². The molecule has 11 heterocycles. The number of thiazole rings is 1. The second kappa shape index (κ2) is 43.2. The van der Waals surface area contributed by atoms with Crippen molar-refractivity contribution in [1.82, 2.24) is 50.8 Å². The molecule has 0 spiro atoms. The van der Waals surface area contributed by atoms with Crippen LogP contribution in [0.1, 0.15) is 434 Å². The zero-order chi connectivity index (χ0) is 88.9. The molecule has 0 fully saturated rings. The Bertz CT molecular complexity index is 4780. The molecule has 3 aliphatic heterocycles. The molecule has 0 radical (unpaired) electrons. The quantitative estimate of drug-likeness (QED) is 0.0891.